The maximum Gasteiger partial charge on any atom is 0.303 e. The average molecular weight is 442 g/mol. The molecular weight excluding hydrogens is 420 g/mol. The summed E-state index contributed by atoms with van der Waals surface area (Å²) in [6.07, 6.45) is -4.38. The minimum Gasteiger partial charge on any atom is -0.463 e. The van der Waals surface area contributed by atoms with Gasteiger partial charge in [-0.25, -0.2) is 8.42 Å². The molecule has 1 aliphatic rings. The monoisotopic (exact) mass is 442 g/mol. The highest BCUT2D eigenvalue weighted by atomic mass is 33.1. The predicted octanol–water partition coefficient (Wildman–Crippen LogP) is -0.238. The van der Waals surface area contributed by atoms with Crippen LogP contribution in [0.15, 0.2) is 0 Å². The molecule has 0 aromatic carbocycles. The van der Waals surface area contributed by atoms with E-state index in [-0.39, 0.29) is 0 Å². The molecule has 0 amide bonds. The molecule has 0 N–H and O–H groups in total. The Bertz CT molecular complexity index is 717. The summed E-state index contributed by atoms with van der Waals surface area (Å²) in [6, 6.07) is 0. The molecule has 0 aliphatic carbocycles. The normalized spacial score (nSPS) is 27.4. The third-order valence-electron chi connectivity index (χ3n) is 3.22. The molecule has 0 aromatic rings. The SMILES string of the molecule is CC(=O)OC[C@H]1O[C@H](SS(C)(=O)=O)[C@@H](OC(C)=O)[C@@H](OC(C)=O)[C@@H]1OC(C)=O. The van der Waals surface area contributed by atoms with Crippen molar-refractivity contribution in [1.82, 2.24) is 0 Å². The van der Waals surface area contributed by atoms with E-state index in [9.17, 15) is 27.6 Å². The minimum absolute atomic E-state index is 0.318. The van der Waals surface area contributed by atoms with Gasteiger partial charge in [-0.1, -0.05) is 0 Å². The van der Waals surface area contributed by atoms with E-state index >= 15 is 0 Å². The molecule has 0 spiro atoms. The summed E-state index contributed by atoms with van der Waals surface area (Å²) in [6.45, 7) is 3.95. The smallest absolute Gasteiger partial charge is 0.303 e. The van der Waals surface area contributed by atoms with E-state index < -0.39 is 69.2 Å². The van der Waals surface area contributed by atoms with E-state index in [2.05, 4.69) is 0 Å². The maximum atomic E-state index is 11.8. The van der Waals surface area contributed by atoms with E-state index in [1.165, 1.54) is 0 Å². The van der Waals surface area contributed by atoms with Crippen LogP contribution < -0.4 is 0 Å². The second-order valence-electron chi connectivity index (χ2n) is 5.87. The summed E-state index contributed by atoms with van der Waals surface area (Å²) in [4.78, 5) is 45.8. The quantitative estimate of drug-likeness (QED) is 0.291. The third-order valence-corrected chi connectivity index (χ3v) is 5.75. The van der Waals surface area contributed by atoms with Gasteiger partial charge in [0.1, 0.15) is 12.7 Å². The lowest BCUT2D eigenvalue weighted by atomic mass is 9.99. The first kappa shape index (κ1) is 24.2. The van der Waals surface area contributed by atoms with Gasteiger partial charge >= 0.3 is 23.9 Å². The predicted molar refractivity (Wildman–Crippen MR) is 94.4 cm³/mol. The van der Waals surface area contributed by atoms with Crippen LogP contribution in [-0.4, -0.2) is 75.0 Å². The molecule has 5 atom stereocenters. The lowest BCUT2D eigenvalue weighted by molar-refractivity contribution is -0.237. The second kappa shape index (κ2) is 10.1. The van der Waals surface area contributed by atoms with Crippen molar-refractivity contribution in [2.45, 2.75) is 57.5 Å². The summed E-state index contributed by atoms with van der Waals surface area (Å²) in [5.74, 6) is -3.03. The number of carbonyl (C=O) groups is 4. The van der Waals surface area contributed by atoms with Gasteiger partial charge in [0.2, 0.25) is 8.87 Å². The molecule has 0 saturated carbocycles. The first-order valence-corrected chi connectivity index (χ1v) is 11.3. The molecule has 1 heterocycles. The molecule has 1 aliphatic heterocycles. The highest BCUT2D eigenvalue weighted by Crippen LogP contribution is 2.36. The van der Waals surface area contributed by atoms with Crippen LogP contribution >= 0.6 is 10.8 Å². The summed E-state index contributed by atoms with van der Waals surface area (Å²) in [5.41, 5.74) is -1.34. The van der Waals surface area contributed by atoms with Gasteiger partial charge in [-0.3, -0.25) is 19.2 Å². The Balaban J connectivity index is 3.36. The number of hydrogen-bond acceptors (Lipinski definition) is 12. The summed E-state index contributed by atoms with van der Waals surface area (Å²) in [7, 11) is -3.38. The van der Waals surface area contributed by atoms with Gasteiger partial charge in [-0.05, 0) is 0 Å². The van der Waals surface area contributed by atoms with Crippen molar-refractivity contribution in [2.24, 2.45) is 0 Å². The van der Waals surface area contributed by atoms with E-state index in [0.29, 0.717) is 10.8 Å². The molecule has 1 rings (SSSR count). The number of carbonyl (C=O) groups excluding carboxylic acids is 4. The van der Waals surface area contributed by atoms with E-state index in [1.807, 2.05) is 0 Å². The number of esters is 4. The van der Waals surface area contributed by atoms with Crippen LogP contribution in [0.5, 0.6) is 0 Å². The minimum atomic E-state index is -3.70. The molecule has 28 heavy (non-hydrogen) atoms. The topological polar surface area (TPSA) is 149 Å². The molecule has 0 aromatic heterocycles. The van der Waals surface area contributed by atoms with E-state index in [0.717, 1.165) is 34.0 Å². The van der Waals surface area contributed by atoms with Gasteiger partial charge in [0.15, 0.2) is 23.7 Å². The van der Waals surface area contributed by atoms with Crippen molar-refractivity contribution in [3.05, 3.63) is 0 Å². The number of hydrogen-bond donors (Lipinski definition) is 0. The molecule has 1 fully saturated rings. The van der Waals surface area contributed by atoms with Gasteiger partial charge in [0.25, 0.3) is 0 Å². The van der Waals surface area contributed by atoms with Crippen molar-refractivity contribution in [2.75, 3.05) is 12.9 Å². The van der Waals surface area contributed by atoms with E-state index in [4.69, 9.17) is 23.7 Å². The molecule has 13 heteroatoms. The molecule has 11 nitrogen and oxygen atoms in total. The largest absolute Gasteiger partial charge is 0.463 e. The number of ether oxygens (including phenoxy) is 5. The van der Waals surface area contributed by atoms with E-state index in [1.54, 1.807) is 0 Å². The first-order valence-electron chi connectivity index (χ1n) is 7.99. The molecule has 0 bridgehead atoms. The Morgan fingerprint density at radius 3 is 1.71 bits per heavy atom. The lowest BCUT2D eigenvalue weighted by Gasteiger charge is -2.43. The van der Waals surface area contributed by atoms with Crippen molar-refractivity contribution >= 4 is 43.5 Å². The molecular formula is C15H22O11S2. The van der Waals surface area contributed by atoms with Crippen molar-refractivity contribution in [3.63, 3.8) is 0 Å². The van der Waals surface area contributed by atoms with Gasteiger partial charge < -0.3 is 23.7 Å². The Hall–Kier alpha value is -1.86. The zero-order valence-corrected chi connectivity index (χ0v) is 17.5. The fraction of sp³-hybridized carbons (Fsp3) is 0.733. The van der Waals surface area contributed by atoms with Crippen LogP contribution in [0.2, 0.25) is 0 Å². The fourth-order valence-electron chi connectivity index (χ4n) is 2.44. The zero-order chi connectivity index (χ0) is 21.6. The van der Waals surface area contributed by atoms with Gasteiger partial charge in [0, 0.05) is 44.7 Å². The van der Waals surface area contributed by atoms with Crippen LogP contribution in [0.4, 0.5) is 0 Å². The van der Waals surface area contributed by atoms with Crippen molar-refractivity contribution in [3.8, 4) is 0 Å². The zero-order valence-electron chi connectivity index (χ0n) is 15.9. The van der Waals surface area contributed by atoms with Crippen LogP contribution in [0.3, 0.4) is 0 Å². The average Bonchev–Trinajstić information content (AvgIpc) is 2.48. The first-order chi connectivity index (χ1) is 12.8. The molecule has 160 valence electrons. The summed E-state index contributed by atoms with van der Waals surface area (Å²) >= 11 is 0. The fourth-order valence-corrected chi connectivity index (χ4v) is 4.79. The van der Waals surface area contributed by atoms with Crippen LogP contribution in [0, 0.1) is 0 Å². The highest BCUT2D eigenvalue weighted by molar-refractivity contribution is 8.72. The second-order valence-corrected chi connectivity index (χ2v) is 10.3. The summed E-state index contributed by atoms with van der Waals surface area (Å²) in [5, 5.41) is 0. The molecule has 0 unspecified atom stereocenters. The van der Waals surface area contributed by atoms with Gasteiger partial charge in [0.05, 0.1) is 0 Å². The Morgan fingerprint density at radius 2 is 1.29 bits per heavy atom. The Kier molecular flexibility index (Phi) is 8.70. The van der Waals surface area contributed by atoms with Gasteiger partial charge in [-0.2, -0.15) is 0 Å². The Labute approximate surface area is 165 Å². The standard InChI is InChI=1S/C15H22O11S2/c1-7(16)22-6-11-12(23-8(2)17)13(24-9(3)18)14(25-10(4)19)15(26-11)27-28(5,20)21/h11-15H,6H2,1-5H3/t11-,12-,13+,14+,15-/m1/s1. The molecule has 1 saturated heterocycles. The van der Waals surface area contributed by atoms with Crippen LogP contribution in [0.25, 0.3) is 0 Å². The van der Waals surface area contributed by atoms with Crippen LogP contribution in [0.1, 0.15) is 27.7 Å². The van der Waals surface area contributed by atoms with Crippen LogP contribution in [-0.2, 0) is 51.7 Å². The summed E-state index contributed by atoms with van der Waals surface area (Å²) < 4.78 is 49.5. The van der Waals surface area contributed by atoms with Crippen molar-refractivity contribution < 1.29 is 51.3 Å². The van der Waals surface area contributed by atoms with Gasteiger partial charge in [-0.15, -0.1) is 0 Å². The maximum absolute atomic E-state index is 11.8. The third kappa shape index (κ3) is 8.02. The molecule has 0 radical (unpaired) electrons. The Morgan fingerprint density at radius 1 is 0.821 bits per heavy atom. The number of rotatable bonds is 7. The van der Waals surface area contributed by atoms with Crippen molar-refractivity contribution in [1.29, 1.82) is 0 Å². The highest BCUT2D eigenvalue weighted by Gasteiger charge is 2.53. The lowest BCUT2D eigenvalue weighted by Crippen LogP contribution is -2.61.